The second kappa shape index (κ2) is 7.87. The highest BCUT2D eigenvalue weighted by Gasteiger charge is 2.30. The van der Waals surface area contributed by atoms with Gasteiger partial charge in [-0.15, -0.1) is 0 Å². The lowest BCUT2D eigenvalue weighted by atomic mass is 10.2. The second-order valence-corrected chi connectivity index (χ2v) is 5.23. The number of amides is 1. The zero-order valence-corrected chi connectivity index (χ0v) is 13.6. The molecule has 1 N–H and O–H groups in total. The maximum absolute atomic E-state index is 12.6. The van der Waals surface area contributed by atoms with Crippen molar-refractivity contribution in [1.29, 1.82) is 0 Å². The van der Waals surface area contributed by atoms with E-state index in [1.165, 1.54) is 25.4 Å². The first kappa shape index (κ1) is 18.6. The van der Waals surface area contributed by atoms with Crippen LogP contribution in [0, 0.1) is 0 Å². The SMILES string of the molecule is COc1ccc([C@@H](C)NC(=O)COc2cccc(C(F)(F)F)c2)nc1. The Morgan fingerprint density at radius 3 is 2.60 bits per heavy atom. The molecule has 0 bridgehead atoms. The zero-order chi connectivity index (χ0) is 18.4. The maximum Gasteiger partial charge on any atom is 0.416 e. The van der Waals surface area contributed by atoms with Crippen LogP contribution >= 0.6 is 0 Å². The van der Waals surface area contributed by atoms with Crippen LogP contribution in [0.3, 0.4) is 0 Å². The molecular formula is C17H17F3N2O3. The summed E-state index contributed by atoms with van der Waals surface area (Å²) in [5, 5.41) is 2.66. The lowest BCUT2D eigenvalue weighted by Gasteiger charge is -2.14. The highest BCUT2D eigenvalue weighted by Crippen LogP contribution is 2.31. The molecule has 2 aromatic rings. The van der Waals surface area contributed by atoms with Crippen LogP contribution in [-0.2, 0) is 11.0 Å². The molecule has 8 heteroatoms. The summed E-state index contributed by atoms with van der Waals surface area (Å²) >= 11 is 0. The van der Waals surface area contributed by atoms with Crippen LogP contribution in [-0.4, -0.2) is 24.6 Å². The van der Waals surface area contributed by atoms with Gasteiger partial charge in [0.2, 0.25) is 0 Å². The van der Waals surface area contributed by atoms with E-state index in [-0.39, 0.29) is 11.8 Å². The van der Waals surface area contributed by atoms with E-state index in [0.717, 1.165) is 12.1 Å². The molecule has 0 aliphatic rings. The number of alkyl halides is 3. The van der Waals surface area contributed by atoms with Crippen molar-refractivity contribution in [3.63, 3.8) is 0 Å². The number of rotatable bonds is 6. The Morgan fingerprint density at radius 1 is 1.24 bits per heavy atom. The Bertz CT molecular complexity index is 718. The minimum atomic E-state index is -4.46. The average molecular weight is 354 g/mol. The monoisotopic (exact) mass is 354 g/mol. The number of pyridine rings is 1. The Balaban J connectivity index is 1.89. The highest BCUT2D eigenvalue weighted by molar-refractivity contribution is 5.77. The first-order valence-corrected chi connectivity index (χ1v) is 7.39. The number of methoxy groups -OCH3 is 1. The lowest BCUT2D eigenvalue weighted by Crippen LogP contribution is -2.31. The summed E-state index contributed by atoms with van der Waals surface area (Å²) in [5.74, 6) is 0.0953. The quantitative estimate of drug-likeness (QED) is 0.864. The molecule has 0 aliphatic heterocycles. The Kier molecular flexibility index (Phi) is 5.84. The summed E-state index contributed by atoms with van der Waals surface area (Å²) in [7, 11) is 1.52. The molecule has 1 heterocycles. The van der Waals surface area contributed by atoms with E-state index in [1.54, 1.807) is 19.1 Å². The molecule has 0 unspecified atom stereocenters. The largest absolute Gasteiger partial charge is 0.495 e. The molecule has 1 aromatic carbocycles. The van der Waals surface area contributed by atoms with Crippen molar-refractivity contribution in [3.05, 3.63) is 53.9 Å². The average Bonchev–Trinajstić information content (AvgIpc) is 2.59. The van der Waals surface area contributed by atoms with Crippen molar-refractivity contribution < 1.29 is 27.4 Å². The summed E-state index contributed by atoms with van der Waals surface area (Å²) in [6.07, 6.45) is -2.94. The molecule has 0 spiro atoms. The third-order valence-corrected chi connectivity index (χ3v) is 3.35. The number of nitrogens with one attached hydrogen (secondary N) is 1. The number of hydrogen-bond acceptors (Lipinski definition) is 4. The van der Waals surface area contributed by atoms with E-state index < -0.39 is 24.3 Å². The minimum Gasteiger partial charge on any atom is -0.495 e. The third kappa shape index (κ3) is 5.37. The second-order valence-electron chi connectivity index (χ2n) is 5.23. The molecule has 0 radical (unpaired) electrons. The summed E-state index contributed by atoms with van der Waals surface area (Å²) in [6.45, 7) is 1.33. The summed E-state index contributed by atoms with van der Waals surface area (Å²) in [6, 6.07) is 7.40. The van der Waals surface area contributed by atoms with Gasteiger partial charge in [-0.25, -0.2) is 0 Å². The number of hydrogen-bond donors (Lipinski definition) is 1. The van der Waals surface area contributed by atoms with E-state index in [1.807, 2.05) is 0 Å². The van der Waals surface area contributed by atoms with Crippen molar-refractivity contribution in [1.82, 2.24) is 10.3 Å². The van der Waals surface area contributed by atoms with Crippen molar-refractivity contribution in [3.8, 4) is 11.5 Å². The zero-order valence-electron chi connectivity index (χ0n) is 13.6. The number of halogens is 3. The molecule has 0 aliphatic carbocycles. The van der Waals surface area contributed by atoms with Gasteiger partial charge in [-0.3, -0.25) is 9.78 Å². The number of carbonyl (C=O) groups is 1. The number of ether oxygens (including phenoxy) is 2. The Hall–Kier alpha value is -2.77. The Labute approximate surface area is 142 Å². The molecule has 0 saturated carbocycles. The topological polar surface area (TPSA) is 60.5 Å². The smallest absolute Gasteiger partial charge is 0.416 e. The predicted molar refractivity (Wildman–Crippen MR) is 84.3 cm³/mol. The van der Waals surface area contributed by atoms with Crippen LogP contribution in [0.25, 0.3) is 0 Å². The standard InChI is InChI=1S/C17H17F3N2O3/c1-11(15-7-6-14(24-2)9-21-15)22-16(23)10-25-13-5-3-4-12(8-13)17(18,19)20/h3-9,11H,10H2,1-2H3,(H,22,23)/t11-/m1/s1. The molecule has 1 atom stereocenters. The van der Waals surface area contributed by atoms with Crippen LogP contribution in [0.15, 0.2) is 42.6 Å². The number of benzene rings is 1. The molecule has 134 valence electrons. The maximum atomic E-state index is 12.6. The number of nitrogens with zero attached hydrogens (tertiary/aromatic N) is 1. The van der Waals surface area contributed by atoms with Gasteiger partial charge in [0, 0.05) is 0 Å². The van der Waals surface area contributed by atoms with Gasteiger partial charge in [0.15, 0.2) is 6.61 Å². The van der Waals surface area contributed by atoms with Crippen LogP contribution in [0.2, 0.25) is 0 Å². The van der Waals surface area contributed by atoms with Crippen LogP contribution < -0.4 is 14.8 Å². The van der Waals surface area contributed by atoms with Gasteiger partial charge < -0.3 is 14.8 Å². The van der Waals surface area contributed by atoms with Gasteiger partial charge in [-0.05, 0) is 37.3 Å². The first-order valence-electron chi connectivity index (χ1n) is 7.39. The summed E-state index contributed by atoms with van der Waals surface area (Å²) < 4.78 is 48.0. The number of aromatic nitrogens is 1. The van der Waals surface area contributed by atoms with E-state index >= 15 is 0 Å². The normalized spacial score (nSPS) is 12.4. The van der Waals surface area contributed by atoms with Gasteiger partial charge >= 0.3 is 6.18 Å². The molecule has 5 nitrogen and oxygen atoms in total. The fraction of sp³-hybridized carbons (Fsp3) is 0.294. The number of carbonyl (C=O) groups excluding carboxylic acids is 1. The van der Waals surface area contributed by atoms with E-state index in [2.05, 4.69) is 10.3 Å². The molecular weight excluding hydrogens is 337 g/mol. The van der Waals surface area contributed by atoms with E-state index in [0.29, 0.717) is 11.4 Å². The van der Waals surface area contributed by atoms with Crippen molar-refractivity contribution in [2.24, 2.45) is 0 Å². The van der Waals surface area contributed by atoms with E-state index in [9.17, 15) is 18.0 Å². The van der Waals surface area contributed by atoms with Crippen molar-refractivity contribution >= 4 is 5.91 Å². The fourth-order valence-electron chi connectivity index (χ4n) is 2.04. The van der Waals surface area contributed by atoms with Crippen LogP contribution in [0.5, 0.6) is 11.5 Å². The van der Waals surface area contributed by atoms with Crippen LogP contribution in [0.1, 0.15) is 24.2 Å². The summed E-state index contributed by atoms with van der Waals surface area (Å²) in [4.78, 5) is 16.0. The molecule has 25 heavy (non-hydrogen) atoms. The Morgan fingerprint density at radius 2 is 2.00 bits per heavy atom. The predicted octanol–water partition coefficient (Wildman–Crippen LogP) is 3.37. The third-order valence-electron chi connectivity index (χ3n) is 3.35. The molecule has 0 saturated heterocycles. The molecule has 0 fully saturated rings. The fourth-order valence-corrected chi connectivity index (χ4v) is 2.04. The van der Waals surface area contributed by atoms with Gasteiger partial charge in [0.05, 0.1) is 30.6 Å². The molecule has 2 rings (SSSR count). The minimum absolute atomic E-state index is 0.0276. The van der Waals surface area contributed by atoms with Gasteiger partial charge in [-0.1, -0.05) is 6.07 Å². The van der Waals surface area contributed by atoms with Crippen molar-refractivity contribution in [2.75, 3.05) is 13.7 Å². The highest BCUT2D eigenvalue weighted by atomic mass is 19.4. The van der Waals surface area contributed by atoms with Crippen molar-refractivity contribution in [2.45, 2.75) is 19.1 Å². The first-order chi connectivity index (χ1) is 11.8. The van der Waals surface area contributed by atoms with Gasteiger partial charge in [0.25, 0.3) is 5.91 Å². The molecule has 1 amide bonds. The van der Waals surface area contributed by atoms with Gasteiger partial charge in [-0.2, -0.15) is 13.2 Å². The van der Waals surface area contributed by atoms with Gasteiger partial charge in [0.1, 0.15) is 11.5 Å². The van der Waals surface area contributed by atoms with Crippen LogP contribution in [0.4, 0.5) is 13.2 Å². The van der Waals surface area contributed by atoms with E-state index in [4.69, 9.17) is 9.47 Å². The summed E-state index contributed by atoms with van der Waals surface area (Å²) in [5.41, 5.74) is -0.213. The lowest BCUT2D eigenvalue weighted by molar-refractivity contribution is -0.137. The molecule has 1 aromatic heterocycles.